The molecule has 0 radical (unpaired) electrons. The van der Waals surface area contributed by atoms with Gasteiger partial charge in [-0.25, -0.2) is 8.78 Å². The number of halogens is 2. The zero-order valence-electron chi connectivity index (χ0n) is 6.30. The number of hydrogen-bond acceptors (Lipinski definition) is 2. The van der Waals surface area contributed by atoms with Crippen LogP contribution in [0.3, 0.4) is 0 Å². The third kappa shape index (κ3) is 1.48. The van der Waals surface area contributed by atoms with E-state index in [-0.39, 0.29) is 5.56 Å². The van der Waals surface area contributed by atoms with E-state index in [1.807, 2.05) is 0 Å². The van der Waals surface area contributed by atoms with Gasteiger partial charge in [0, 0.05) is 5.56 Å². The van der Waals surface area contributed by atoms with Gasteiger partial charge in [-0.3, -0.25) is 4.98 Å². The summed E-state index contributed by atoms with van der Waals surface area (Å²) in [5.74, 6) is -1.50. The average molecular weight is 170 g/mol. The molecule has 0 aromatic carbocycles. The standard InChI is InChI=1S/C8H8F2N2/c1-2-7(11)8-5(9)3-12-4-6(8)10/h2-4,7H,1,11H2/t7-/m1/s1. The third-order valence-electron chi connectivity index (χ3n) is 1.48. The van der Waals surface area contributed by atoms with Crippen molar-refractivity contribution < 1.29 is 8.78 Å². The smallest absolute Gasteiger partial charge is 0.149 e. The van der Waals surface area contributed by atoms with Gasteiger partial charge in [-0.05, 0) is 0 Å². The van der Waals surface area contributed by atoms with E-state index in [0.29, 0.717) is 0 Å². The minimum atomic E-state index is -0.826. The molecule has 1 aromatic heterocycles. The molecule has 1 heterocycles. The average Bonchev–Trinajstić information content (AvgIpc) is 2.03. The molecule has 1 rings (SSSR count). The van der Waals surface area contributed by atoms with E-state index < -0.39 is 17.7 Å². The van der Waals surface area contributed by atoms with Gasteiger partial charge in [0.05, 0.1) is 18.4 Å². The van der Waals surface area contributed by atoms with E-state index in [2.05, 4.69) is 11.6 Å². The zero-order valence-corrected chi connectivity index (χ0v) is 6.30. The lowest BCUT2D eigenvalue weighted by atomic mass is 10.1. The first-order chi connectivity index (χ1) is 5.66. The number of rotatable bonds is 2. The summed E-state index contributed by atoms with van der Waals surface area (Å²) < 4.78 is 25.7. The van der Waals surface area contributed by atoms with Gasteiger partial charge in [0.15, 0.2) is 0 Å². The van der Waals surface area contributed by atoms with Crippen molar-refractivity contribution in [2.24, 2.45) is 5.73 Å². The summed E-state index contributed by atoms with van der Waals surface area (Å²) >= 11 is 0. The molecular formula is C8H8F2N2. The number of pyridine rings is 1. The van der Waals surface area contributed by atoms with Crippen LogP contribution in [0.1, 0.15) is 11.6 Å². The van der Waals surface area contributed by atoms with Gasteiger partial charge in [0.25, 0.3) is 0 Å². The Balaban J connectivity index is 3.20. The van der Waals surface area contributed by atoms with E-state index in [4.69, 9.17) is 5.73 Å². The molecule has 0 unspecified atom stereocenters. The second-order valence-electron chi connectivity index (χ2n) is 2.28. The van der Waals surface area contributed by atoms with E-state index >= 15 is 0 Å². The summed E-state index contributed by atoms with van der Waals surface area (Å²) in [5, 5.41) is 0. The lowest BCUT2D eigenvalue weighted by Gasteiger charge is -2.07. The predicted molar refractivity (Wildman–Crippen MR) is 41.3 cm³/mol. The molecule has 0 aliphatic heterocycles. The maximum atomic E-state index is 12.9. The Morgan fingerprint density at radius 3 is 2.33 bits per heavy atom. The Labute approximate surface area is 68.7 Å². The van der Waals surface area contributed by atoms with Crippen molar-refractivity contribution in [3.05, 3.63) is 42.2 Å². The Hall–Kier alpha value is -1.29. The van der Waals surface area contributed by atoms with Crippen LogP contribution in [0.5, 0.6) is 0 Å². The summed E-state index contributed by atoms with van der Waals surface area (Å²) in [6.45, 7) is 3.34. The van der Waals surface area contributed by atoms with Gasteiger partial charge in [0.2, 0.25) is 0 Å². The summed E-state index contributed by atoms with van der Waals surface area (Å²) in [5.41, 5.74) is 5.18. The van der Waals surface area contributed by atoms with Crippen molar-refractivity contribution in [2.75, 3.05) is 0 Å². The fourth-order valence-corrected chi connectivity index (χ4v) is 0.858. The fraction of sp³-hybridized carbons (Fsp3) is 0.125. The molecule has 64 valence electrons. The SMILES string of the molecule is C=C[C@@H](N)c1c(F)cncc1F. The molecule has 12 heavy (non-hydrogen) atoms. The van der Waals surface area contributed by atoms with Gasteiger partial charge in [-0.15, -0.1) is 6.58 Å². The summed E-state index contributed by atoms with van der Waals surface area (Å²) in [6.07, 6.45) is 3.10. The van der Waals surface area contributed by atoms with Crippen LogP contribution >= 0.6 is 0 Å². The second kappa shape index (κ2) is 3.40. The molecule has 4 heteroatoms. The van der Waals surface area contributed by atoms with Crippen molar-refractivity contribution >= 4 is 0 Å². The van der Waals surface area contributed by atoms with Crippen molar-refractivity contribution in [2.45, 2.75) is 6.04 Å². The molecule has 0 bridgehead atoms. The first kappa shape index (κ1) is 8.80. The summed E-state index contributed by atoms with van der Waals surface area (Å²) in [4.78, 5) is 3.32. The highest BCUT2D eigenvalue weighted by atomic mass is 19.1. The van der Waals surface area contributed by atoms with Crippen molar-refractivity contribution in [3.8, 4) is 0 Å². The number of nitrogens with zero attached hydrogens (tertiary/aromatic N) is 1. The zero-order chi connectivity index (χ0) is 9.14. The van der Waals surface area contributed by atoms with E-state index in [0.717, 1.165) is 12.4 Å². The van der Waals surface area contributed by atoms with E-state index in [9.17, 15) is 8.78 Å². The Bertz CT molecular complexity index is 279. The predicted octanol–water partition coefficient (Wildman–Crippen LogP) is 1.55. The van der Waals surface area contributed by atoms with E-state index in [1.165, 1.54) is 6.08 Å². The highest BCUT2D eigenvalue weighted by Gasteiger charge is 2.13. The fourth-order valence-electron chi connectivity index (χ4n) is 0.858. The quantitative estimate of drug-likeness (QED) is 0.684. The van der Waals surface area contributed by atoms with Gasteiger partial charge >= 0.3 is 0 Å². The Morgan fingerprint density at radius 2 is 1.92 bits per heavy atom. The molecule has 0 fully saturated rings. The molecule has 0 saturated carbocycles. The maximum Gasteiger partial charge on any atom is 0.149 e. The lowest BCUT2D eigenvalue weighted by Crippen LogP contribution is -2.11. The van der Waals surface area contributed by atoms with E-state index in [1.54, 1.807) is 0 Å². The largest absolute Gasteiger partial charge is 0.321 e. The normalized spacial score (nSPS) is 12.6. The van der Waals surface area contributed by atoms with Crippen LogP contribution < -0.4 is 5.73 Å². The molecule has 0 amide bonds. The molecule has 0 aliphatic carbocycles. The molecular weight excluding hydrogens is 162 g/mol. The molecule has 1 aromatic rings. The minimum Gasteiger partial charge on any atom is -0.321 e. The van der Waals surface area contributed by atoms with Gasteiger partial charge in [-0.2, -0.15) is 0 Å². The first-order valence-corrected chi connectivity index (χ1v) is 3.34. The maximum absolute atomic E-state index is 12.9. The molecule has 0 aliphatic rings. The second-order valence-corrected chi connectivity index (χ2v) is 2.28. The van der Waals surface area contributed by atoms with Crippen LogP contribution in [0.4, 0.5) is 8.78 Å². The molecule has 0 spiro atoms. The molecule has 2 N–H and O–H groups in total. The number of aromatic nitrogens is 1. The van der Waals surface area contributed by atoms with Crippen LogP contribution in [-0.4, -0.2) is 4.98 Å². The van der Waals surface area contributed by atoms with Gasteiger partial charge in [0.1, 0.15) is 11.6 Å². The van der Waals surface area contributed by atoms with Crippen LogP contribution in [0.2, 0.25) is 0 Å². The summed E-state index contributed by atoms with van der Waals surface area (Å²) in [6, 6.07) is -0.826. The minimum absolute atomic E-state index is 0.194. The van der Waals surface area contributed by atoms with Crippen LogP contribution in [0.25, 0.3) is 0 Å². The molecule has 2 nitrogen and oxygen atoms in total. The van der Waals surface area contributed by atoms with Crippen molar-refractivity contribution in [1.82, 2.24) is 4.98 Å². The highest BCUT2D eigenvalue weighted by Crippen LogP contribution is 2.17. The third-order valence-corrected chi connectivity index (χ3v) is 1.48. The Morgan fingerprint density at radius 1 is 1.42 bits per heavy atom. The highest BCUT2D eigenvalue weighted by molar-refractivity contribution is 5.22. The van der Waals surface area contributed by atoms with Crippen LogP contribution in [0, 0.1) is 11.6 Å². The molecule has 0 saturated heterocycles. The van der Waals surface area contributed by atoms with Gasteiger partial charge < -0.3 is 5.73 Å². The van der Waals surface area contributed by atoms with Crippen LogP contribution in [-0.2, 0) is 0 Å². The first-order valence-electron chi connectivity index (χ1n) is 3.34. The van der Waals surface area contributed by atoms with Crippen molar-refractivity contribution in [1.29, 1.82) is 0 Å². The monoisotopic (exact) mass is 170 g/mol. The lowest BCUT2D eigenvalue weighted by molar-refractivity contribution is 0.537. The number of nitrogens with two attached hydrogens (primary N) is 1. The topological polar surface area (TPSA) is 38.9 Å². The molecule has 1 atom stereocenters. The summed E-state index contributed by atoms with van der Waals surface area (Å²) in [7, 11) is 0. The Kier molecular flexibility index (Phi) is 2.50. The van der Waals surface area contributed by atoms with Gasteiger partial charge in [-0.1, -0.05) is 6.08 Å². The van der Waals surface area contributed by atoms with Crippen LogP contribution in [0.15, 0.2) is 25.0 Å². The number of hydrogen-bond donors (Lipinski definition) is 1. The van der Waals surface area contributed by atoms with Crippen molar-refractivity contribution in [3.63, 3.8) is 0 Å².